The van der Waals surface area contributed by atoms with Crippen LogP contribution >= 0.6 is 0 Å². The summed E-state index contributed by atoms with van der Waals surface area (Å²) in [5.41, 5.74) is -3.56. The lowest BCUT2D eigenvalue weighted by atomic mass is 10.2. The van der Waals surface area contributed by atoms with Crippen LogP contribution in [0.5, 0.6) is 0 Å². The summed E-state index contributed by atoms with van der Waals surface area (Å²) in [6, 6.07) is 1.89. The van der Waals surface area contributed by atoms with Gasteiger partial charge in [0, 0.05) is 0 Å². The number of nitro groups is 4. The van der Waals surface area contributed by atoms with Crippen LogP contribution in [0.4, 0.5) is 22.9 Å². The van der Waals surface area contributed by atoms with E-state index in [2.05, 4.69) is 5.10 Å². The van der Waals surface area contributed by atoms with Crippen molar-refractivity contribution in [3.8, 4) is 5.69 Å². The molecule has 0 aliphatic rings. The Morgan fingerprint density at radius 2 is 1.35 bits per heavy atom. The third-order valence-electron chi connectivity index (χ3n) is 2.65. The maximum absolute atomic E-state index is 11.1. The molecule has 2 aromatic rings. The van der Waals surface area contributed by atoms with E-state index < -0.39 is 48.3 Å². The standard InChI is InChI=1S/C9H4N6O8/c16-12(17)5-3-6(13(18)19)9(7(4-5)14(20)21)11-2-1-8(10-11)15(22)23/h1-4H. The minimum absolute atomic E-state index is 0.510. The Morgan fingerprint density at radius 1 is 0.826 bits per heavy atom. The van der Waals surface area contributed by atoms with E-state index in [9.17, 15) is 40.5 Å². The molecule has 118 valence electrons. The van der Waals surface area contributed by atoms with E-state index in [1.807, 2.05) is 0 Å². The molecule has 0 bridgehead atoms. The van der Waals surface area contributed by atoms with Gasteiger partial charge >= 0.3 is 17.2 Å². The monoisotopic (exact) mass is 324 g/mol. The van der Waals surface area contributed by atoms with Crippen LogP contribution in [0.15, 0.2) is 24.4 Å². The van der Waals surface area contributed by atoms with Gasteiger partial charge in [0.25, 0.3) is 5.69 Å². The maximum atomic E-state index is 11.1. The van der Waals surface area contributed by atoms with Gasteiger partial charge in [0.15, 0.2) is 0 Å². The van der Waals surface area contributed by atoms with Crippen LogP contribution in [0, 0.1) is 40.5 Å². The van der Waals surface area contributed by atoms with Gasteiger partial charge in [-0.15, -0.1) is 4.68 Å². The van der Waals surface area contributed by atoms with Gasteiger partial charge in [0.2, 0.25) is 5.69 Å². The Kier molecular flexibility index (Phi) is 3.64. The van der Waals surface area contributed by atoms with Crippen LogP contribution in [-0.2, 0) is 0 Å². The molecule has 0 saturated heterocycles. The Morgan fingerprint density at radius 3 is 1.70 bits per heavy atom. The summed E-state index contributed by atoms with van der Waals surface area (Å²) >= 11 is 0. The normalized spacial score (nSPS) is 10.3. The largest absolute Gasteiger partial charge is 0.390 e. The molecule has 0 aliphatic heterocycles. The lowest BCUT2D eigenvalue weighted by Gasteiger charge is -2.01. The van der Waals surface area contributed by atoms with Gasteiger partial charge < -0.3 is 10.1 Å². The molecule has 0 N–H and O–H groups in total. The number of hydrogen-bond donors (Lipinski definition) is 0. The predicted octanol–water partition coefficient (Wildman–Crippen LogP) is 1.51. The van der Waals surface area contributed by atoms with E-state index in [4.69, 9.17) is 0 Å². The first-order chi connectivity index (χ1) is 10.7. The summed E-state index contributed by atoms with van der Waals surface area (Å²) in [5, 5.41) is 46.9. The number of rotatable bonds is 5. The van der Waals surface area contributed by atoms with Crippen LogP contribution in [0.3, 0.4) is 0 Å². The van der Waals surface area contributed by atoms with Crippen LogP contribution in [0.25, 0.3) is 5.69 Å². The van der Waals surface area contributed by atoms with E-state index >= 15 is 0 Å². The third kappa shape index (κ3) is 2.75. The Balaban J connectivity index is 2.82. The molecule has 0 radical (unpaired) electrons. The number of nitro benzene ring substituents is 3. The summed E-state index contributed by atoms with van der Waals surface area (Å²) < 4.78 is 0.554. The lowest BCUT2D eigenvalue weighted by molar-refractivity contribution is -0.402. The SMILES string of the molecule is O=[N+]([O-])c1cc([N+](=O)[O-])c(-n2ccc([N+](=O)[O-])n2)c([N+](=O)[O-])c1. The molecular formula is C9H4N6O8. The molecule has 1 aromatic carbocycles. The number of nitrogens with zero attached hydrogens (tertiary/aromatic N) is 6. The first-order valence-corrected chi connectivity index (χ1v) is 5.54. The Bertz CT molecular complexity index is 822. The second kappa shape index (κ2) is 5.43. The maximum Gasteiger partial charge on any atom is 0.390 e. The highest BCUT2D eigenvalue weighted by atomic mass is 16.6. The fourth-order valence-corrected chi connectivity index (χ4v) is 1.74. The first-order valence-electron chi connectivity index (χ1n) is 5.54. The molecule has 0 saturated carbocycles. The molecule has 0 atom stereocenters. The zero-order chi connectivity index (χ0) is 17.3. The van der Waals surface area contributed by atoms with Crippen molar-refractivity contribution < 1.29 is 19.7 Å². The molecule has 0 aliphatic carbocycles. The van der Waals surface area contributed by atoms with Crippen molar-refractivity contribution in [2.24, 2.45) is 0 Å². The van der Waals surface area contributed by atoms with Crippen LogP contribution < -0.4 is 0 Å². The molecule has 0 amide bonds. The third-order valence-corrected chi connectivity index (χ3v) is 2.65. The van der Waals surface area contributed by atoms with Crippen molar-refractivity contribution in [2.75, 3.05) is 0 Å². The highest BCUT2D eigenvalue weighted by Crippen LogP contribution is 2.36. The lowest BCUT2D eigenvalue weighted by Crippen LogP contribution is -2.07. The molecule has 23 heavy (non-hydrogen) atoms. The quantitative estimate of drug-likeness (QED) is 0.578. The molecule has 1 heterocycles. The molecule has 14 heteroatoms. The molecule has 0 fully saturated rings. The number of non-ortho nitro benzene ring substituents is 1. The van der Waals surface area contributed by atoms with E-state index in [0.29, 0.717) is 16.8 Å². The van der Waals surface area contributed by atoms with E-state index in [1.165, 1.54) is 0 Å². The Labute approximate surface area is 124 Å². The number of benzene rings is 1. The molecule has 1 aromatic heterocycles. The van der Waals surface area contributed by atoms with Crippen LogP contribution in [0.1, 0.15) is 0 Å². The number of aromatic nitrogens is 2. The van der Waals surface area contributed by atoms with Crippen molar-refractivity contribution >= 4 is 22.9 Å². The average molecular weight is 324 g/mol. The van der Waals surface area contributed by atoms with Crippen LogP contribution in [-0.4, -0.2) is 29.5 Å². The van der Waals surface area contributed by atoms with Gasteiger partial charge in [-0.3, -0.25) is 30.3 Å². The second-order valence-corrected chi connectivity index (χ2v) is 3.98. The summed E-state index contributed by atoms with van der Waals surface area (Å²) in [4.78, 5) is 39.4. The van der Waals surface area contributed by atoms with Crippen molar-refractivity contribution in [2.45, 2.75) is 0 Å². The molecule has 14 nitrogen and oxygen atoms in total. The van der Waals surface area contributed by atoms with Gasteiger partial charge in [-0.05, 0) is 4.92 Å². The molecule has 2 rings (SSSR count). The highest BCUT2D eigenvalue weighted by molar-refractivity contribution is 5.69. The van der Waals surface area contributed by atoms with Gasteiger partial charge in [-0.25, -0.2) is 0 Å². The van der Waals surface area contributed by atoms with Crippen molar-refractivity contribution in [3.05, 3.63) is 64.9 Å². The van der Waals surface area contributed by atoms with E-state index in [0.717, 1.165) is 12.3 Å². The molecule has 0 spiro atoms. The molecule has 0 unspecified atom stereocenters. The molecular weight excluding hydrogens is 320 g/mol. The number of hydrogen-bond acceptors (Lipinski definition) is 9. The summed E-state index contributed by atoms with van der Waals surface area (Å²) in [6.07, 6.45) is 0.902. The first kappa shape index (κ1) is 15.4. The van der Waals surface area contributed by atoms with Gasteiger partial charge in [0.1, 0.15) is 0 Å². The summed E-state index contributed by atoms with van der Waals surface area (Å²) in [7, 11) is 0. The Hall–Kier alpha value is -3.97. The van der Waals surface area contributed by atoms with Crippen molar-refractivity contribution in [1.82, 2.24) is 9.78 Å². The highest BCUT2D eigenvalue weighted by Gasteiger charge is 2.34. The topological polar surface area (TPSA) is 190 Å². The summed E-state index contributed by atoms with van der Waals surface area (Å²) in [6.45, 7) is 0. The van der Waals surface area contributed by atoms with E-state index in [-0.39, 0.29) is 0 Å². The van der Waals surface area contributed by atoms with Crippen molar-refractivity contribution in [3.63, 3.8) is 0 Å². The van der Waals surface area contributed by atoms with Gasteiger partial charge in [-0.2, -0.15) is 0 Å². The predicted molar refractivity (Wildman–Crippen MR) is 70.2 cm³/mol. The van der Waals surface area contributed by atoms with Crippen LogP contribution in [0.2, 0.25) is 0 Å². The zero-order valence-electron chi connectivity index (χ0n) is 10.8. The smallest absolute Gasteiger partial charge is 0.358 e. The minimum Gasteiger partial charge on any atom is -0.358 e. The van der Waals surface area contributed by atoms with Crippen molar-refractivity contribution in [1.29, 1.82) is 0 Å². The van der Waals surface area contributed by atoms with E-state index in [1.54, 1.807) is 0 Å². The fraction of sp³-hybridized carbons (Fsp3) is 0. The van der Waals surface area contributed by atoms with Gasteiger partial charge in [0.05, 0.1) is 44.3 Å². The minimum atomic E-state index is -1.08. The average Bonchev–Trinajstić information content (AvgIpc) is 2.95. The fourth-order valence-electron chi connectivity index (χ4n) is 1.74. The van der Waals surface area contributed by atoms with Gasteiger partial charge in [-0.1, -0.05) is 0 Å². The zero-order valence-corrected chi connectivity index (χ0v) is 10.8. The summed E-state index contributed by atoms with van der Waals surface area (Å²) in [5.74, 6) is -0.702. The second-order valence-electron chi connectivity index (χ2n) is 3.98.